The third-order valence-electron chi connectivity index (χ3n) is 3.27. The van der Waals surface area contributed by atoms with Gasteiger partial charge in [-0.05, 0) is 24.3 Å². The van der Waals surface area contributed by atoms with E-state index in [1.807, 2.05) is 13.1 Å². The SMILES string of the molecule is Cn1cnnc1-c1cccc(NC(=O)CNC(=O)c2ccco2)c1. The third kappa shape index (κ3) is 3.49. The number of anilines is 1. The van der Waals surface area contributed by atoms with E-state index in [0.717, 1.165) is 5.56 Å². The highest BCUT2D eigenvalue weighted by Gasteiger charge is 2.11. The molecule has 3 aromatic rings. The van der Waals surface area contributed by atoms with Gasteiger partial charge in [0, 0.05) is 18.3 Å². The minimum atomic E-state index is -0.442. The number of carbonyl (C=O) groups is 2. The molecule has 1 aromatic carbocycles. The van der Waals surface area contributed by atoms with Crippen molar-refractivity contribution >= 4 is 17.5 Å². The van der Waals surface area contributed by atoms with Crippen molar-refractivity contribution in [3.8, 4) is 11.4 Å². The largest absolute Gasteiger partial charge is 0.459 e. The van der Waals surface area contributed by atoms with Crippen molar-refractivity contribution in [3.63, 3.8) is 0 Å². The second-order valence-corrected chi connectivity index (χ2v) is 5.05. The fourth-order valence-corrected chi connectivity index (χ4v) is 2.14. The molecule has 3 rings (SSSR count). The molecule has 0 saturated heterocycles. The molecule has 0 aliphatic heterocycles. The van der Waals surface area contributed by atoms with Crippen molar-refractivity contribution in [1.82, 2.24) is 20.1 Å². The molecule has 0 radical (unpaired) electrons. The summed E-state index contributed by atoms with van der Waals surface area (Å²) in [6, 6.07) is 10.4. The first kappa shape index (κ1) is 15.5. The Bertz CT molecular complexity index is 854. The first-order valence-electron chi connectivity index (χ1n) is 7.19. The number of aromatic nitrogens is 3. The van der Waals surface area contributed by atoms with Crippen LogP contribution in [0.3, 0.4) is 0 Å². The van der Waals surface area contributed by atoms with Crippen LogP contribution in [0.15, 0.2) is 53.4 Å². The smallest absolute Gasteiger partial charge is 0.287 e. The Morgan fingerprint density at radius 3 is 2.83 bits per heavy atom. The van der Waals surface area contributed by atoms with Crippen molar-refractivity contribution in [2.75, 3.05) is 11.9 Å². The summed E-state index contributed by atoms with van der Waals surface area (Å²) < 4.78 is 6.74. The Kier molecular flexibility index (Phi) is 4.37. The van der Waals surface area contributed by atoms with Crippen molar-refractivity contribution in [1.29, 1.82) is 0 Å². The summed E-state index contributed by atoms with van der Waals surface area (Å²) in [5, 5.41) is 13.1. The van der Waals surface area contributed by atoms with Gasteiger partial charge in [0.15, 0.2) is 11.6 Å². The zero-order chi connectivity index (χ0) is 16.9. The molecule has 8 heteroatoms. The summed E-state index contributed by atoms with van der Waals surface area (Å²) in [5.41, 5.74) is 1.43. The molecule has 2 heterocycles. The highest BCUT2D eigenvalue weighted by atomic mass is 16.3. The highest BCUT2D eigenvalue weighted by Crippen LogP contribution is 2.19. The fourth-order valence-electron chi connectivity index (χ4n) is 2.14. The van der Waals surface area contributed by atoms with E-state index in [4.69, 9.17) is 4.42 Å². The second-order valence-electron chi connectivity index (χ2n) is 5.05. The number of nitrogens with one attached hydrogen (secondary N) is 2. The van der Waals surface area contributed by atoms with Crippen LogP contribution in [-0.4, -0.2) is 33.1 Å². The summed E-state index contributed by atoms with van der Waals surface area (Å²) in [5.74, 6) is 0.0670. The van der Waals surface area contributed by atoms with Crippen molar-refractivity contribution in [2.24, 2.45) is 7.05 Å². The quantitative estimate of drug-likeness (QED) is 0.739. The number of rotatable bonds is 5. The lowest BCUT2D eigenvalue weighted by molar-refractivity contribution is -0.115. The molecule has 0 saturated carbocycles. The number of benzene rings is 1. The Morgan fingerprint density at radius 1 is 1.25 bits per heavy atom. The van der Waals surface area contributed by atoms with Crippen LogP contribution in [-0.2, 0) is 11.8 Å². The molecule has 24 heavy (non-hydrogen) atoms. The number of nitrogens with zero attached hydrogens (tertiary/aromatic N) is 3. The molecule has 0 fully saturated rings. The first-order valence-corrected chi connectivity index (χ1v) is 7.19. The van der Waals surface area contributed by atoms with Crippen LogP contribution in [0.2, 0.25) is 0 Å². The predicted molar refractivity (Wildman–Crippen MR) is 86.1 cm³/mol. The van der Waals surface area contributed by atoms with Gasteiger partial charge in [-0.3, -0.25) is 9.59 Å². The van der Waals surface area contributed by atoms with Crippen molar-refractivity contribution < 1.29 is 14.0 Å². The molecular weight excluding hydrogens is 310 g/mol. The zero-order valence-corrected chi connectivity index (χ0v) is 12.9. The van der Waals surface area contributed by atoms with E-state index in [9.17, 15) is 9.59 Å². The highest BCUT2D eigenvalue weighted by molar-refractivity contribution is 5.98. The van der Waals surface area contributed by atoms with Crippen LogP contribution in [0.1, 0.15) is 10.6 Å². The number of carbonyl (C=O) groups excluding carboxylic acids is 2. The van der Waals surface area contributed by atoms with Crippen molar-refractivity contribution in [2.45, 2.75) is 0 Å². The molecule has 2 amide bonds. The molecule has 122 valence electrons. The summed E-state index contributed by atoms with van der Waals surface area (Å²) >= 11 is 0. The summed E-state index contributed by atoms with van der Waals surface area (Å²) in [4.78, 5) is 23.7. The Morgan fingerprint density at radius 2 is 2.12 bits per heavy atom. The van der Waals surface area contributed by atoms with Crippen LogP contribution >= 0.6 is 0 Å². The van der Waals surface area contributed by atoms with Crippen LogP contribution in [0.5, 0.6) is 0 Å². The molecule has 0 atom stereocenters. The van der Waals surface area contributed by atoms with Crippen LogP contribution < -0.4 is 10.6 Å². The minimum absolute atomic E-state index is 0.159. The van der Waals surface area contributed by atoms with E-state index in [0.29, 0.717) is 11.5 Å². The molecule has 0 spiro atoms. The Labute approximate surface area is 137 Å². The van der Waals surface area contributed by atoms with Crippen molar-refractivity contribution in [3.05, 3.63) is 54.7 Å². The molecule has 0 aliphatic rings. The lowest BCUT2D eigenvalue weighted by Crippen LogP contribution is -2.32. The maximum atomic E-state index is 12.0. The molecule has 2 aromatic heterocycles. The first-order chi connectivity index (χ1) is 11.6. The number of furan rings is 1. The van der Waals surface area contributed by atoms with Gasteiger partial charge in [-0.1, -0.05) is 12.1 Å². The third-order valence-corrected chi connectivity index (χ3v) is 3.27. The lowest BCUT2D eigenvalue weighted by atomic mass is 10.2. The van der Waals surface area contributed by atoms with Gasteiger partial charge in [0.2, 0.25) is 5.91 Å². The number of hydrogen-bond donors (Lipinski definition) is 2. The fraction of sp³-hybridized carbons (Fsp3) is 0.125. The predicted octanol–water partition coefficient (Wildman–Crippen LogP) is 1.44. The molecule has 0 unspecified atom stereocenters. The average Bonchev–Trinajstić information content (AvgIpc) is 3.24. The summed E-state index contributed by atoms with van der Waals surface area (Å²) in [6.07, 6.45) is 3.00. The van der Waals surface area contributed by atoms with Gasteiger partial charge >= 0.3 is 0 Å². The second kappa shape index (κ2) is 6.78. The summed E-state index contributed by atoms with van der Waals surface area (Å²) in [7, 11) is 1.84. The van der Waals surface area contributed by atoms with E-state index in [-0.39, 0.29) is 18.2 Å². The monoisotopic (exact) mass is 325 g/mol. The number of hydrogen-bond acceptors (Lipinski definition) is 5. The minimum Gasteiger partial charge on any atom is -0.459 e. The number of amides is 2. The van der Waals surface area contributed by atoms with E-state index >= 15 is 0 Å². The van der Waals surface area contributed by atoms with Crippen LogP contribution in [0.4, 0.5) is 5.69 Å². The van der Waals surface area contributed by atoms with Gasteiger partial charge in [-0.15, -0.1) is 10.2 Å². The molecular formula is C16H15N5O3. The van der Waals surface area contributed by atoms with Gasteiger partial charge in [0.05, 0.1) is 12.8 Å². The maximum absolute atomic E-state index is 12.0. The van der Waals surface area contributed by atoms with Gasteiger partial charge in [-0.2, -0.15) is 0 Å². The average molecular weight is 325 g/mol. The molecule has 0 bridgehead atoms. The molecule has 0 aliphatic carbocycles. The van der Waals surface area contributed by atoms with Gasteiger partial charge in [-0.25, -0.2) is 0 Å². The molecule has 8 nitrogen and oxygen atoms in total. The van der Waals surface area contributed by atoms with E-state index < -0.39 is 5.91 Å². The van der Waals surface area contributed by atoms with Gasteiger partial charge < -0.3 is 19.6 Å². The maximum Gasteiger partial charge on any atom is 0.287 e. The summed E-state index contributed by atoms with van der Waals surface area (Å²) in [6.45, 7) is -0.159. The molecule has 2 N–H and O–H groups in total. The van der Waals surface area contributed by atoms with Crippen LogP contribution in [0.25, 0.3) is 11.4 Å². The topological polar surface area (TPSA) is 102 Å². The van der Waals surface area contributed by atoms with E-state index in [2.05, 4.69) is 20.8 Å². The van der Waals surface area contributed by atoms with Crippen LogP contribution in [0, 0.1) is 0 Å². The zero-order valence-electron chi connectivity index (χ0n) is 12.9. The standard InChI is InChI=1S/C16H15N5O3/c1-21-10-18-20-15(21)11-4-2-5-12(8-11)19-14(22)9-17-16(23)13-6-3-7-24-13/h2-8,10H,9H2,1H3,(H,17,23)(H,19,22). The van der Waals surface area contributed by atoms with E-state index in [1.165, 1.54) is 12.3 Å². The Hall–Kier alpha value is -3.42. The lowest BCUT2D eigenvalue weighted by Gasteiger charge is -2.08. The van der Waals surface area contributed by atoms with Gasteiger partial charge in [0.1, 0.15) is 6.33 Å². The normalized spacial score (nSPS) is 10.4. The van der Waals surface area contributed by atoms with Gasteiger partial charge in [0.25, 0.3) is 5.91 Å². The van der Waals surface area contributed by atoms with E-state index in [1.54, 1.807) is 35.2 Å². The number of aryl methyl sites for hydroxylation is 1. The Balaban J connectivity index is 1.61.